The Hall–Kier alpha value is -1.75. The van der Waals surface area contributed by atoms with Crippen molar-refractivity contribution < 1.29 is 14.3 Å². The van der Waals surface area contributed by atoms with E-state index in [4.69, 9.17) is 9.47 Å². The van der Waals surface area contributed by atoms with E-state index < -0.39 is 0 Å². The van der Waals surface area contributed by atoms with Crippen molar-refractivity contribution in [1.29, 1.82) is 0 Å². The van der Waals surface area contributed by atoms with Crippen LogP contribution in [0.15, 0.2) is 18.2 Å². The summed E-state index contributed by atoms with van der Waals surface area (Å²) in [5.74, 6) is 1.66. The number of nitrogens with one attached hydrogen (secondary N) is 1. The summed E-state index contributed by atoms with van der Waals surface area (Å²) in [7, 11) is 3.25. The first-order valence-electron chi connectivity index (χ1n) is 7.90. The fourth-order valence-electron chi connectivity index (χ4n) is 2.93. The zero-order valence-electron chi connectivity index (χ0n) is 13.7. The third kappa shape index (κ3) is 3.91. The average molecular weight is 306 g/mol. The van der Waals surface area contributed by atoms with Gasteiger partial charge in [-0.2, -0.15) is 0 Å². The quantitative estimate of drug-likeness (QED) is 0.748. The number of likely N-dealkylation sites (tertiary alicyclic amines) is 1. The van der Waals surface area contributed by atoms with Crippen molar-refractivity contribution >= 4 is 5.91 Å². The molecule has 5 nitrogen and oxygen atoms in total. The first-order valence-corrected chi connectivity index (χ1v) is 7.90. The summed E-state index contributed by atoms with van der Waals surface area (Å²) in [5.41, 5.74) is 1.07. The van der Waals surface area contributed by atoms with Crippen LogP contribution >= 0.6 is 0 Å². The number of amides is 1. The Balaban J connectivity index is 2.05. The monoisotopic (exact) mass is 306 g/mol. The topological polar surface area (TPSA) is 50.8 Å². The van der Waals surface area contributed by atoms with Gasteiger partial charge in [-0.3, -0.25) is 4.79 Å². The fraction of sp³-hybridized carbons (Fsp3) is 0.588. The van der Waals surface area contributed by atoms with Gasteiger partial charge in [0.15, 0.2) is 11.5 Å². The van der Waals surface area contributed by atoms with E-state index in [0.717, 1.165) is 31.5 Å². The highest BCUT2D eigenvalue weighted by molar-refractivity contribution is 5.78. The molecule has 0 radical (unpaired) electrons. The highest BCUT2D eigenvalue weighted by Gasteiger charge is 2.30. The Morgan fingerprint density at radius 1 is 1.27 bits per heavy atom. The Kier molecular flexibility index (Phi) is 6.07. The number of carbonyl (C=O) groups is 1. The van der Waals surface area contributed by atoms with E-state index in [2.05, 4.69) is 12.2 Å². The van der Waals surface area contributed by atoms with Crippen LogP contribution < -0.4 is 14.8 Å². The van der Waals surface area contributed by atoms with Gasteiger partial charge in [0.25, 0.3) is 0 Å². The molecule has 1 fully saturated rings. The Morgan fingerprint density at radius 2 is 2.05 bits per heavy atom. The highest BCUT2D eigenvalue weighted by Crippen LogP contribution is 2.30. The molecule has 0 saturated carbocycles. The largest absolute Gasteiger partial charge is 0.493 e. The normalized spacial score (nSPS) is 17.9. The molecule has 2 rings (SSSR count). The molecule has 0 aromatic heterocycles. The number of carbonyl (C=O) groups excluding carboxylic acids is 1. The lowest BCUT2D eigenvalue weighted by Gasteiger charge is -2.25. The molecule has 122 valence electrons. The molecule has 1 amide bonds. The van der Waals surface area contributed by atoms with E-state index in [0.29, 0.717) is 30.5 Å². The fourth-order valence-corrected chi connectivity index (χ4v) is 2.93. The van der Waals surface area contributed by atoms with Gasteiger partial charge in [0, 0.05) is 19.0 Å². The van der Waals surface area contributed by atoms with Gasteiger partial charge in [0.1, 0.15) is 0 Å². The van der Waals surface area contributed by atoms with Crippen molar-refractivity contribution in [1.82, 2.24) is 10.2 Å². The number of rotatable bonds is 8. The molecule has 1 N–H and O–H groups in total. The molecule has 1 aromatic carbocycles. The number of hydrogen-bond acceptors (Lipinski definition) is 4. The molecule has 1 aliphatic heterocycles. The Labute approximate surface area is 132 Å². The predicted molar refractivity (Wildman–Crippen MR) is 86.3 cm³/mol. The minimum atomic E-state index is 0.247. The van der Waals surface area contributed by atoms with Crippen molar-refractivity contribution in [2.45, 2.75) is 38.8 Å². The second-order valence-corrected chi connectivity index (χ2v) is 5.55. The first-order chi connectivity index (χ1) is 10.7. The Morgan fingerprint density at radius 3 is 2.73 bits per heavy atom. The van der Waals surface area contributed by atoms with E-state index in [1.807, 2.05) is 23.1 Å². The molecule has 1 saturated heterocycles. The second-order valence-electron chi connectivity index (χ2n) is 5.55. The highest BCUT2D eigenvalue weighted by atomic mass is 16.5. The minimum absolute atomic E-state index is 0.247. The van der Waals surface area contributed by atoms with Crippen LogP contribution in [0.25, 0.3) is 0 Å². The first kappa shape index (κ1) is 16.6. The van der Waals surface area contributed by atoms with Crippen molar-refractivity contribution in [2.75, 3.05) is 27.3 Å². The van der Waals surface area contributed by atoms with Gasteiger partial charge < -0.3 is 19.7 Å². The second kappa shape index (κ2) is 8.03. The van der Waals surface area contributed by atoms with Gasteiger partial charge in [-0.1, -0.05) is 13.0 Å². The molecular formula is C17H26N2O3. The van der Waals surface area contributed by atoms with Crippen LogP contribution in [0.4, 0.5) is 0 Å². The summed E-state index contributed by atoms with van der Waals surface area (Å²) in [6.07, 6.45) is 2.62. The molecule has 5 heteroatoms. The van der Waals surface area contributed by atoms with E-state index in [1.54, 1.807) is 14.2 Å². The molecule has 1 heterocycles. The van der Waals surface area contributed by atoms with Crippen molar-refractivity contribution in [3.8, 4) is 11.5 Å². The predicted octanol–water partition coefficient (Wildman–Crippen LogP) is 2.19. The van der Waals surface area contributed by atoms with Crippen molar-refractivity contribution in [3.05, 3.63) is 23.8 Å². The maximum atomic E-state index is 12.1. The van der Waals surface area contributed by atoms with Crippen LogP contribution in [0, 0.1) is 0 Å². The summed E-state index contributed by atoms with van der Waals surface area (Å²) in [6.45, 7) is 4.66. The van der Waals surface area contributed by atoms with Gasteiger partial charge in [-0.25, -0.2) is 0 Å². The van der Waals surface area contributed by atoms with Gasteiger partial charge in [-0.15, -0.1) is 0 Å². The zero-order valence-corrected chi connectivity index (χ0v) is 13.7. The van der Waals surface area contributed by atoms with Gasteiger partial charge in [0.2, 0.25) is 5.91 Å². The summed E-state index contributed by atoms with van der Waals surface area (Å²) in [5, 5.41) is 3.33. The van der Waals surface area contributed by atoms with Gasteiger partial charge >= 0.3 is 0 Å². The SMILES string of the molecule is CCNCCC1CCC(=O)N1Cc1ccc(OC)c(OC)c1. The summed E-state index contributed by atoms with van der Waals surface area (Å²) >= 11 is 0. The van der Waals surface area contributed by atoms with Crippen LogP contribution in [-0.2, 0) is 11.3 Å². The standard InChI is InChI=1S/C17H26N2O3/c1-4-18-10-9-14-6-8-17(20)19(14)12-13-5-7-15(21-2)16(11-13)22-3/h5,7,11,14,18H,4,6,8-10,12H2,1-3H3. The number of benzene rings is 1. The molecule has 1 atom stereocenters. The number of nitrogens with zero attached hydrogens (tertiary/aromatic N) is 1. The minimum Gasteiger partial charge on any atom is -0.493 e. The molecule has 22 heavy (non-hydrogen) atoms. The van der Waals surface area contributed by atoms with E-state index in [-0.39, 0.29) is 5.91 Å². The maximum absolute atomic E-state index is 12.1. The molecular weight excluding hydrogens is 280 g/mol. The summed E-state index contributed by atoms with van der Waals surface area (Å²) in [6, 6.07) is 6.17. The summed E-state index contributed by atoms with van der Waals surface area (Å²) in [4.78, 5) is 14.1. The lowest BCUT2D eigenvalue weighted by molar-refractivity contribution is -0.129. The third-order valence-corrected chi connectivity index (χ3v) is 4.16. The third-order valence-electron chi connectivity index (χ3n) is 4.16. The Bertz CT molecular complexity index is 505. The van der Waals surface area contributed by atoms with Crippen LogP contribution in [0.3, 0.4) is 0 Å². The zero-order chi connectivity index (χ0) is 15.9. The number of methoxy groups -OCH3 is 2. The smallest absolute Gasteiger partial charge is 0.223 e. The molecule has 0 spiro atoms. The maximum Gasteiger partial charge on any atom is 0.223 e. The van der Waals surface area contributed by atoms with Crippen LogP contribution in [-0.4, -0.2) is 44.2 Å². The van der Waals surface area contributed by atoms with Crippen molar-refractivity contribution in [2.24, 2.45) is 0 Å². The van der Waals surface area contributed by atoms with Crippen LogP contribution in [0.2, 0.25) is 0 Å². The number of hydrogen-bond donors (Lipinski definition) is 1. The molecule has 1 unspecified atom stereocenters. The molecule has 1 aliphatic rings. The van der Waals surface area contributed by atoms with Crippen LogP contribution in [0.5, 0.6) is 11.5 Å². The molecule has 1 aromatic rings. The van der Waals surface area contributed by atoms with Gasteiger partial charge in [-0.05, 0) is 43.6 Å². The van der Waals surface area contributed by atoms with E-state index in [1.165, 1.54) is 0 Å². The summed E-state index contributed by atoms with van der Waals surface area (Å²) < 4.78 is 10.6. The van der Waals surface area contributed by atoms with Gasteiger partial charge in [0.05, 0.1) is 14.2 Å². The average Bonchev–Trinajstić information content (AvgIpc) is 2.88. The molecule has 0 bridgehead atoms. The van der Waals surface area contributed by atoms with E-state index in [9.17, 15) is 4.79 Å². The number of ether oxygens (including phenoxy) is 2. The van der Waals surface area contributed by atoms with Crippen LogP contribution in [0.1, 0.15) is 31.7 Å². The molecule has 0 aliphatic carbocycles. The lowest BCUT2D eigenvalue weighted by Crippen LogP contribution is -2.34. The lowest BCUT2D eigenvalue weighted by atomic mass is 10.1. The van der Waals surface area contributed by atoms with E-state index >= 15 is 0 Å². The van der Waals surface area contributed by atoms with Crippen molar-refractivity contribution in [3.63, 3.8) is 0 Å².